The number of aliphatic hydroxyl groups excluding tert-OH is 1. The zero-order chi connectivity index (χ0) is 18.9. The van der Waals surface area contributed by atoms with Gasteiger partial charge in [-0.15, -0.1) is 0 Å². The number of anilines is 1. The van der Waals surface area contributed by atoms with E-state index < -0.39 is 23.1 Å². The van der Waals surface area contributed by atoms with Crippen LogP contribution in [0.2, 0.25) is 0 Å². The average Bonchev–Trinajstić information content (AvgIpc) is 2.78. The van der Waals surface area contributed by atoms with Crippen LogP contribution in [-0.2, 0) is 9.59 Å². The molecule has 1 unspecified atom stereocenters. The molecule has 1 aliphatic rings. The van der Waals surface area contributed by atoms with Gasteiger partial charge in [0.15, 0.2) is 11.5 Å². The van der Waals surface area contributed by atoms with E-state index in [1.165, 1.54) is 0 Å². The zero-order valence-electron chi connectivity index (χ0n) is 16.0. The molecule has 0 fully saturated rings. The summed E-state index contributed by atoms with van der Waals surface area (Å²) in [5.41, 5.74) is 1.41. The highest BCUT2D eigenvalue weighted by molar-refractivity contribution is 6.10. The number of aliphatic hydroxyl groups is 1. The molecular weight excluding hydrogens is 316 g/mol. The van der Waals surface area contributed by atoms with E-state index in [1.54, 1.807) is 25.7 Å². The van der Waals surface area contributed by atoms with E-state index in [9.17, 15) is 14.7 Å². The van der Waals surface area contributed by atoms with Crippen molar-refractivity contribution in [2.24, 2.45) is 5.41 Å². The van der Waals surface area contributed by atoms with Gasteiger partial charge in [-0.1, -0.05) is 39.8 Å². The molecule has 136 valence electrons. The molecule has 1 amide bonds. The van der Waals surface area contributed by atoms with Gasteiger partial charge >= 0.3 is 0 Å². The van der Waals surface area contributed by atoms with Gasteiger partial charge in [-0.2, -0.15) is 0 Å². The lowest BCUT2D eigenvalue weighted by Gasteiger charge is -2.29. The van der Waals surface area contributed by atoms with Crippen molar-refractivity contribution >= 4 is 17.4 Å². The molecule has 25 heavy (non-hydrogen) atoms. The third-order valence-corrected chi connectivity index (χ3v) is 4.42. The highest BCUT2D eigenvalue weighted by Gasteiger charge is 2.45. The van der Waals surface area contributed by atoms with Gasteiger partial charge in [0.25, 0.3) is 5.91 Å². The Morgan fingerprint density at radius 2 is 1.76 bits per heavy atom. The highest BCUT2D eigenvalue weighted by atomic mass is 16.3. The van der Waals surface area contributed by atoms with Crippen molar-refractivity contribution in [3.63, 3.8) is 0 Å². The summed E-state index contributed by atoms with van der Waals surface area (Å²) in [4.78, 5) is 29.1. The van der Waals surface area contributed by atoms with Crippen LogP contribution in [0.25, 0.3) is 0 Å². The first kappa shape index (κ1) is 19.0. The maximum absolute atomic E-state index is 12.9. The Morgan fingerprint density at radius 1 is 1.20 bits per heavy atom. The molecule has 0 bridgehead atoms. The largest absolute Gasteiger partial charge is 0.503 e. The van der Waals surface area contributed by atoms with Crippen LogP contribution in [0.5, 0.6) is 0 Å². The molecule has 0 saturated carbocycles. The van der Waals surface area contributed by atoms with Gasteiger partial charge < -0.3 is 14.9 Å². The number of hydrogen-bond donors (Lipinski definition) is 1. The summed E-state index contributed by atoms with van der Waals surface area (Å²) in [6, 6.07) is 7.22. The van der Waals surface area contributed by atoms with E-state index in [4.69, 9.17) is 0 Å². The molecule has 0 aromatic heterocycles. The summed E-state index contributed by atoms with van der Waals surface area (Å²) in [5.74, 6) is -1.06. The molecule has 5 heteroatoms. The fourth-order valence-electron chi connectivity index (χ4n) is 3.06. The van der Waals surface area contributed by atoms with E-state index in [2.05, 4.69) is 0 Å². The topological polar surface area (TPSA) is 60.9 Å². The molecular formula is C20H28N2O3. The van der Waals surface area contributed by atoms with Crippen LogP contribution in [0.3, 0.4) is 0 Å². The van der Waals surface area contributed by atoms with Crippen LogP contribution in [0, 0.1) is 5.41 Å². The Labute approximate surface area is 149 Å². The first-order chi connectivity index (χ1) is 11.6. The Balaban J connectivity index is 2.54. The minimum Gasteiger partial charge on any atom is -0.503 e. The number of amides is 1. The lowest BCUT2D eigenvalue weighted by Crippen LogP contribution is -2.33. The molecule has 1 aromatic rings. The Hall–Kier alpha value is -2.30. The summed E-state index contributed by atoms with van der Waals surface area (Å²) in [5, 5.41) is 10.4. The van der Waals surface area contributed by atoms with Crippen molar-refractivity contribution < 1.29 is 14.7 Å². The van der Waals surface area contributed by atoms with Crippen molar-refractivity contribution in [1.82, 2.24) is 4.90 Å². The van der Waals surface area contributed by atoms with Gasteiger partial charge in [-0.3, -0.25) is 9.59 Å². The normalized spacial score (nSPS) is 18.1. The molecule has 1 aromatic carbocycles. The summed E-state index contributed by atoms with van der Waals surface area (Å²) in [6.45, 7) is 7.86. The van der Waals surface area contributed by atoms with Gasteiger partial charge in [-0.05, 0) is 24.1 Å². The standard InChI is InChI=1S/C20H28N2O3/c1-7-12-22-16(13-8-10-14(11-9-13)21(5)6)15(17(23)19(22)25)18(24)20(2,3)4/h8-11,16,23H,7,12H2,1-6H3. The Morgan fingerprint density at radius 3 is 2.20 bits per heavy atom. The number of carbonyl (C=O) groups is 2. The maximum atomic E-state index is 12.9. The summed E-state index contributed by atoms with van der Waals surface area (Å²) >= 11 is 0. The van der Waals surface area contributed by atoms with Crippen molar-refractivity contribution in [3.05, 3.63) is 41.2 Å². The summed E-state index contributed by atoms with van der Waals surface area (Å²) in [7, 11) is 3.91. The second-order valence-electron chi connectivity index (χ2n) is 7.73. The Bertz CT molecular complexity index is 697. The molecule has 0 spiro atoms. The fourth-order valence-corrected chi connectivity index (χ4v) is 3.06. The van der Waals surface area contributed by atoms with Crippen molar-refractivity contribution in [2.45, 2.75) is 40.2 Å². The van der Waals surface area contributed by atoms with Crippen LogP contribution < -0.4 is 4.90 Å². The van der Waals surface area contributed by atoms with Crippen molar-refractivity contribution in [1.29, 1.82) is 0 Å². The highest BCUT2D eigenvalue weighted by Crippen LogP contribution is 2.41. The number of rotatable bonds is 5. The lowest BCUT2D eigenvalue weighted by atomic mass is 9.82. The van der Waals surface area contributed by atoms with Crippen LogP contribution in [0.1, 0.15) is 45.7 Å². The van der Waals surface area contributed by atoms with Crippen LogP contribution in [0.4, 0.5) is 5.69 Å². The van der Waals surface area contributed by atoms with Crippen LogP contribution >= 0.6 is 0 Å². The predicted molar refractivity (Wildman–Crippen MR) is 99.6 cm³/mol. The number of Topliss-reactive ketones (excluding diaryl/α,β-unsaturated/α-hetero) is 1. The second kappa shape index (κ2) is 6.90. The lowest BCUT2D eigenvalue weighted by molar-refractivity contribution is -0.129. The monoisotopic (exact) mass is 344 g/mol. The van der Waals surface area contributed by atoms with Crippen molar-refractivity contribution in [2.75, 3.05) is 25.5 Å². The van der Waals surface area contributed by atoms with E-state index >= 15 is 0 Å². The molecule has 0 aliphatic carbocycles. The Kier molecular flexibility index (Phi) is 5.26. The minimum atomic E-state index is -0.673. The number of benzene rings is 1. The molecule has 1 aliphatic heterocycles. The van der Waals surface area contributed by atoms with Crippen LogP contribution in [0.15, 0.2) is 35.6 Å². The first-order valence-corrected chi connectivity index (χ1v) is 8.65. The molecule has 2 rings (SSSR count). The maximum Gasteiger partial charge on any atom is 0.290 e. The zero-order valence-corrected chi connectivity index (χ0v) is 16.0. The molecule has 1 atom stereocenters. The molecule has 0 radical (unpaired) electrons. The van der Waals surface area contributed by atoms with E-state index in [1.807, 2.05) is 50.2 Å². The van der Waals surface area contributed by atoms with Crippen molar-refractivity contribution in [3.8, 4) is 0 Å². The molecule has 1 heterocycles. The minimum absolute atomic E-state index is 0.196. The fraction of sp³-hybridized carbons (Fsp3) is 0.500. The SMILES string of the molecule is CCCN1C(=O)C(O)=C(C(=O)C(C)(C)C)C1c1ccc(N(C)C)cc1. The third-order valence-electron chi connectivity index (χ3n) is 4.42. The summed E-state index contributed by atoms with van der Waals surface area (Å²) in [6.07, 6.45) is 0.752. The molecule has 0 saturated heterocycles. The average molecular weight is 344 g/mol. The second-order valence-corrected chi connectivity index (χ2v) is 7.73. The molecule has 5 nitrogen and oxygen atoms in total. The quantitative estimate of drug-likeness (QED) is 0.888. The van der Waals surface area contributed by atoms with E-state index in [-0.39, 0.29) is 11.4 Å². The van der Waals surface area contributed by atoms with Gasteiger partial charge in [0.05, 0.1) is 11.6 Å². The van der Waals surface area contributed by atoms with Gasteiger partial charge in [0.2, 0.25) is 0 Å². The predicted octanol–water partition coefficient (Wildman–Crippen LogP) is 3.47. The first-order valence-electron chi connectivity index (χ1n) is 8.65. The van der Waals surface area contributed by atoms with Gasteiger partial charge in [0, 0.05) is 31.7 Å². The molecule has 1 N–H and O–H groups in total. The number of nitrogens with zero attached hydrogens (tertiary/aromatic N) is 2. The van der Waals surface area contributed by atoms with Gasteiger partial charge in [-0.25, -0.2) is 0 Å². The van der Waals surface area contributed by atoms with E-state index in [0.717, 1.165) is 17.7 Å². The van der Waals surface area contributed by atoms with Crippen LogP contribution in [-0.4, -0.2) is 42.3 Å². The summed E-state index contributed by atoms with van der Waals surface area (Å²) < 4.78 is 0. The van der Waals surface area contributed by atoms with E-state index in [0.29, 0.717) is 6.54 Å². The van der Waals surface area contributed by atoms with Gasteiger partial charge in [0.1, 0.15) is 0 Å². The number of hydrogen-bond acceptors (Lipinski definition) is 4. The smallest absolute Gasteiger partial charge is 0.290 e. The third kappa shape index (κ3) is 3.55. The number of ketones is 1. The number of carbonyl (C=O) groups excluding carboxylic acids is 2.